The molecule has 1 heterocycles. The van der Waals surface area contributed by atoms with Crippen molar-refractivity contribution in [2.75, 3.05) is 10.1 Å². The number of hydrazone groups is 1. The van der Waals surface area contributed by atoms with E-state index in [1.54, 1.807) is 19.1 Å². The van der Waals surface area contributed by atoms with Crippen LogP contribution in [0.4, 0.5) is 17.1 Å². The number of nitrogens with one attached hydrogen (secondary N) is 2. The Kier molecular flexibility index (Phi) is 7.03. The van der Waals surface area contributed by atoms with Gasteiger partial charge in [0, 0.05) is 18.1 Å². The molecule has 0 bridgehead atoms. The van der Waals surface area contributed by atoms with Gasteiger partial charge in [-0.05, 0) is 55.3 Å². The fraction of sp³-hybridized carbons (Fsp3) is 0.138. The van der Waals surface area contributed by atoms with Crippen molar-refractivity contribution in [3.63, 3.8) is 0 Å². The zero-order valence-corrected chi connectivity index (χ0v) is 22.1. The van der Waals surface area contributed by atoms with Gasteiger partial charge in [-0.1, -0.05) is 60.2 Å². The van der Waals surface area contributed by atoms with Crippen LogP contribution in [0.1, 0.15) is 34.8 Å². The summed E-state index contributed by atoms with van der Waals surface area (Å²) in [6.07, 6.45) is 0.161. The van der Waals surface area contributed by atoms with Gasteiger partial charge in [0.15, 0.2) is 0 Å². The number of fused-ring (bicyclic) bond motifs is 1. The van der Waals surface area contributed by atoms with Crippen molar-refractivity contribution in [1.29, 1.82) is 0 Å². The number of ether oxygens (including phenoxy) is 1. The monoisotopic (exact) mass is 542 g/mol. The molecule has 9 nitrogen and oxygen atoms in total. The number of para-hydroxylation sites is 1. The van der Waals surface area contributed by atoms with Crippen LogP contribution in [-0.2, 0) is 10.0 Å². The Morgan fingerprint density at radius 2 is 1.64 bits per heavy atom. The van der Waals surface area contributed by atoms with Gasteiger partial charge >= 0.3 is 0 Å². The average Bonchev–Trinajstić information content (AvgIpc) is 2.93. The Hall–Kier alpha value is -4.70. The van der Waals surface area contributed by atoms with E-state index in [1.165, 1.54) is 12.1 Å². The molecule has 0 saturated heterocycles. The Balaban J connectivity index is 1.45. The van der Waals surface area contributed by atoms with E-state index in [1.807, 2.05) is 67.6 Å². The minimum absolute atomic E-state index is 0.0678. The van der Waals surface area contributed by atoms with Gasteiger partial charge in [0.25, 0.3) is 15.7 Å². The Morgan fingerprint density at radius 3 is 2.38 bits per heavy atom. The number of aryl methyl sites for hydroxylation is 2. The lowest BCUT2D eigenvalue weighted by molar-refractivity contribution is -0.384. The minimum atomic E-state index is -4.07. The smallest absolute Gasteiger partial charge is 0.295 e. The lowest BCUT2D eigenvalue weighted by atomic mass is 9.96. The second-order valence-electron chi connectivity index (χ2n) is 9.25. The molecule has 39 heavy (non-hydrogen) atoms. The highest BCUT2D eigenvalue weighted by Crippen LogP contribution is 2.36. The summed E-state index contributed by atoms with van der Waals surface area (Å²) in [5.41, 5.74) is 7.01. The highest BCUT2D eigenvalue weighted by atomic mass is 32.2. The molecule has 4 aromatic carbocycles. The van der Waals surface area contributed by atoms with Gasteiger partial charge in [0.05, 0.1) is 21.2 Å². The van der Waals surface area contributed by atoms with Crippen molar-refractivity contribution in [2.45, 2.75) is 31.3 Å². The summed E-state index contributed by atoms with van der Waals surface area (Å²) in [4.78, 5) is 11.1. The Labute approximate surface area is 226 Å². The van der Waals surface area contributed by atoms with E-state index < -0.39 is 20.6 Å². The van der Waals surface area contributed by atoms with Crippen molar-refractivity contribution in [3.05, 3.63) is 123 Å². The summed E-state index contributed by atoms with van der Waals surface area (Å²) in [6.45, 7) is 3.70. The van der Waals surface area contributed by atoms with Gasteiger partial charge in [-0.2, -0.15) is 5.10 Å². The first kappa shape index (κ1) is 25.9. The first-order chi connectivity index (χ1) is 18.7. The second-order valence-corrected chi connectivity index (χ2v) is 10.9. The van der Waals surface area contributed by atoms with Crippen LogP contribution < -0.4 is 14.9 Å². The highest BCUT2D eigenvalue weighted by Gasteiger charge is 2.27. The molecule has 0 unspecified atom stereocenters. The van der Waals surface area contributed by atoms with E-state index in [9.17, 15) is 18.5 Å². The molecule has 0 aliphatic carbocycles. The molecule has 0 radical (unpaired) electrons. The molecular formula is C29H26N4O5S. The van der Waals surface area contributed by atoms with Crippen LogP contribution in [0.5, 0.6) is 5.75 Å². The summed E-state index contributed by atoms with van der Waals surface area (Å²) < 4.78 is 34.8. The van der Waals surface area contributed by atoms with Crippen molar-refractivity contribution in [1.82, 2.24) is 0 Å². The maximum Gasteiger partial charge on any atom is 0.295 e. The van der Waals surface area contributed by atoms with E-state index in [0.717, 1.165) is 28.3 Å². The number of hydrogen-bond donors (Lipinski definition) is 2. The third-order valence-electron chi connectivity index (χ3n) is 6.43. The van der Waals surface area contributed by atoms with E-state index in [2.05, 4.69) is 15.2 Å². The normalized spacial score (nSPS) is 15.7. The van der Waals surface area contributed by atoms with Gasteiger partial charge in [0.1, 0.15) is 17.5 Å². The van der Waals surface area contributed by atoms with E-state index in [0.29, 0.717) is 23.6 Å². The Morgan fingerprint density at radius 1 is 0.923 bits per heavy atom. The maximum absolute atomic E-state index is 13.0. The quantitative estimate of drug-likeness (QED) is 0.207. The predicted molar refractivity (Wildman–Crippen MR) is 151 cm³/mol. The molecule has 0 amide bonds. The zero-order chi connectivity index (χ0) is 27.6. The molecule has 4 aromatic rings. The summed E-state index contributed by atoms with van der Waals surface area (Å²) >= 11 is 0. The lowest BCUT2D eigenvalue weighted by Crippen LogP contribution is -2.22. The Bertz CT molecular complexity index is 1690. The van der Waals surface area contributed by atoms with Crippen LogP contribution in [0.3, 0.4) is 0 Å². The third-order valence-corrected chi connectivity index (χ3v) is 7.79. The highest BCUT2D eigenvalue weighted by molar-refractivity contribution is 7.92. The number of sulfonamides is 1. The third kappa shape index (κ3) is 5.60. The largest absolute Gasteiger partial charge is 0.485 e. The molecule has 0 fully saturated rings. The summed E-state index contributed by atoms with van der Waals surface area (Å²) in [5.74, 6) is 0.659. The maximum atomic E-state index is 13.0. The van der Waals surface area contributed by atoms with E-state index >= 15 is 0 Å². The molecule has 2 N–H and O–H groups in total. The van der Waals surface area contributed by atoms with Gasteiger partial charge in [-0.3, -0.25) is 20.3 Å². The number of anilines is 2. The molecule has 1 atom stereocenters. The number of hydrogen-bond acceptors (Lipinski definition) is 7. The van der Waals surface area contributed by atoms with Crippen LogP contribution in [0, 0.1) is 24.0 Å². The number of nitrogens with zero attached hydrogens (tertiary/aromatic N) is 2. The molecule has 0 aromatic heterocycles. The van der Waals surface area contributed by atoms with Crippen LogP contribution in [0.25, 0.3) is 0 Å². The topological polar surface area (TPSA) is 123 Å². The van der Waals surface area contributed by atoms with Crippen LogP contribution in [-0.4, -0.2) is 19.1 Å². The molecule has 0 spiro atoms. The average molecular weight is 543 g/mol. The zero-order valence-electron chi connectivity index (χ0n) is 21.3. The summed E-state index contributed by atoms with van der Waals surface area (Å²) in [5, 5.41) is 16.4. The van der Waals surface area contributed by atoms with Crippen LogP contribution in [0.2, 0.25) is 0 Å². The SMILES string of the molecule is Cc1ccc(NS(=O)(=O)c2ccc(N/N=C3\C[C@H](c4ccccc4)Oc4ccccc43)c([N+](=O)[O-])c2)c(C)c1. The molecule has 1 aliphatic heterocycles. The molecular weight excluding hydrogens is 516 g/mol. The van der Waals surface area contributed by atoms with Gasteiger partial charge in [-0.15, -0.1) is 0 Å². The number of nitro benzene ring substituents is 1. The lowest BCUT2D eigenvalue weighted by Gasteiger charge is -2.27. The van der Waals surface area contributed by atoms with E-state index in [4.69, 9.17) is 4.74 Å². The van der Waals surface area contributed by atoms with Gasteiger partial charge in [-0.25, -0.2) is 8.42 Å². The molecule has 0 saturated carbocycles. The van der Waals surface area contributed by atoms with Crippen molar-refractivity contribution in [2.24, 2.45) is 5.10 Å². The van der Waals surface area contributed by atoms with Crippen LogP contribution >= 0.6 is 0 Å². The number of benzene rings is 4. The van der Waals surface area contributed by atoms with Gasteiger partial charge < -0.3 is 4.74 Å². The van der Waals surface area contributed by atoms with Crippen molar-refractivity contribution >= 4 is 32.8 Å². The predicted octanol–water partition coefficient (Wildman–Crippen LogP) is 6.35. The standard InChI is InChI=1S/C29H26N4O5S/c1-19-12-14-24(20(2)16-19)32-39(36,37)22-13-15-25(27(17-22)33(34)35)30-31-26-18-29(21-8-4-3-5-9-21)38-28-11-7-6-10-23(26)28/h3-17,29-30,32H,18H2,1-2H3/b31-26+/t29-/m1/s1. The number of rotatable bonds is 7. The van der Waals surface area contributed by atoms with Crippen molar-refractivity contribution < 1.29 is 18.1 Å². The van der Waals surface area contributed by atoms with Crippen LogP contribution in [0.15, 0.2) is 101 Å². The molecule has 10 heteroatoms. The summed E-state index contributed by atoms with van der Waals surface area (Å²) in [6, 6.07) is 26.2. The molecule has 198 valence electrons. The fourth-order valence-corrected chi connectivity index (χ4v) is 5.58. The fourth-order valence-electron chi connectivity index (χ4n) is 4.43. The molecule has 1 aliphatic rings. The van der Waals surface area contributed by atoms with Crippen molar-refractivity contribution in [3.8, 4) is 5.75 Å². The van der Waals surface area contributed by atoms with Gasteiger partial charge in [0.2, 0.25) is 0 Å². The first-order valence-corrected chi connectivity index (χ1v) is 13.7. The first-order valence-electron chi connectivity index (χ1n) is 12.2. The molecule has 5 rings (SSSR count). The van der Waals surface area contributed by atoms with E-state index in [-0.39, 0.29) is 16.7 Å². The summed E-state index contributed by atoms with van der Waals surface area (Å²) in [7, 11) is -4.07. The minimum Gasteiger partial charge on any atom is -0.485 e. The number of nitro groups is 1. The second kappa shape index (κ2) is 10.6.